The molecule has 1 aliphatic rings. The molecule has 2 heterocycles. The number of nitrogens with zero attached hydrogens (tertiary/aromatic N) is 1. The summed E-state index contributed by atoms with van der Waals surface area (Å²) in [6.45, 7) is 10.2. The van der Waals surface area contributed by atoms with Crippen LogP contribution in [0.4, 0.5) is 0 Å². The first kappa shape index (κ1) is 15.0. The van der Waals surface area contributed by atoms with Crippen molar-refractivity contribution < 1.29 is 0 Å². The van der Waals surface area contributed by atoms with Gasteiger partial charge in [-0.2, -0.15) is 0 Å². The van der Waals surface area contributed by atoms with E-state index in [2.05, 4.69) is 48.3 Å². The van der Waals surface area contributed by atoms with E-state index >= 15 is 0 Å². The lowest BCUT2D eigenvalue weighted by molar-refractivity contribution is 0.315. The van der Waals surface area contributed by atoms with Crippen molar-refractivity contribution in [3.63, 3.8) is 0 Å². The van der Waals surface area contributed by atoms with Gasteiger partial charge in [-0.3, -0.25) is 4.90 Å². The van der Waals surface area contributed by atoms with E-state index in [9.17, 15) is 0 Å². The van der Waals surface area contributed by atoms with E-state index in [0.717, 1.165) is 25.6 Å². The monoisotopic (exact) mass is 302 g/mol. The number of hydrogen-bond donors (Lipinski definition) is 1. The minimum Gasteiger partial charge on any atom is -0.312 e. The molecule has 0 saturated carbocycles. The molecule has 1 aliphatic heterocycles. The van der Waals surface area contributed by atoms with Crippen LogP contribution in [0.2, 0.25) is 0 Å². The Morgan fingerprint density at radius 1 is 1.29 bits per heavy atom. The van der Waals surface area contributed by atoms with Gasteiger partial charge in [0.2, 0.25) is 0 Å². The number of rotatable bonds is 6. The Hall–Kier alpha value is -0.900. The fourth-order valence-electron chi connectivity index (χ4n) is 3.32. The molecule has 0 aliphatic carbocycles. The normalized spacial score (nSPS) is 19.6. The minimum atomic E-state index is 0.909. The third kappa shape index (κ3) is 3.31. The Morgan fingerprint density at radius 3 is 2.90 bits per heavy atom. The Bertz CT molecular complexity index is 590. The van der Waals surface area contributed by atoms with E-state index in [4.69, 9.17) is 0 Å². The first-order chi connectivity index (χ1) is 10.3. The molecule has 1 saturated heterocycles. The van der Waals surface area contributed by atoms with Gasteiger partial charge in [-0.15, -0.1) is 11.3 Å². The van der Waals surface area contributed by atoms with Crippen LogP contribution in [0.15, 0.2) is 24.3 Å². The molecule has 1 fully saturated rings. The lowest BCUT2D eigenvalue weighted by atomic mass is 10.1. The van der Waals surface area contributed by atoms with Gasteiger partial charge in [-0.1, -0.05) is 38.5 Å². The molecular weight excluding hydrogens is 276 g/mol. The summed E-state index contributed by atoms with van der Waals surface area (Å²) in [4.78, 5) is 4.18. The zero-order chi connectivity index (χ0) is 14.7. The standard InChI is InChI=1S/C18H26N2S/c1-3-14-9-10-20(12-14)13-16-15-7-5-6-8-17(15)21-18(16)11-19-4-2/h5-8,14,19H,3-4,9-13H2,1-2H3. The van der Waals surface area contributed by atoms with Crippen LogP contribution >= 0.6 is 11.3 Å². The fourth-order valence-corrected chi connectivity index (χ4v) is 4.50. The largest absolute Gasteiger partial charge is 0.312 e. The van der Waals surface area contributed by atoms with Gasteiger partial charge in [-0.05, 0) is 42.4 Å². The summed E-state index contributed by atoms with van der Waals surface area (Å²) in [6.07, 6.45) is 2.70. The molecule has 1 aromatic heterocycles. The predicted molar refractivity (Wildman–Crippen MR) is 92.9 cm³/mol. The van der Waals surface area contributed by atoms with Crippen molar-refractivity contribution >= 4 is 21.4 Å². The second-order valence-corrected chi connectivity index (χ2v) is 7.22. The summed E-state index contributed by atoms with van der Waals surface area (Å²) in [5.74, 6) is 0.909. The Morgan fingerprint density at radius 2 is 2.14 bits per heavy atom. The van der Waals surface area contributed by atoms with Gasteiger partial charge in [0.05, 0.1) is 0 Å². The van der Waals surface area contributed by atoms with Crippen molar-refractivity contribution in [3.05, 3.63) is 34.7 Å². The maximum atomic E-state index is 3.50. The number of likely N-dealkylation sites (tertiary alicyclic amines) is 1. The molecule has 0 radical (unpaired) electrons. The molecule has 0 spiro atoms. The van der Waals surface area contributed by atoms with Crippen LogP contribution in [0.1, 0.15) is 37.1 Å². The van der Waals surface area contributed by atoms with Crippen LogP contribution in [0.3, 0.4) is 0 Å². The summed E-state index contributed by atoms with van der Waals surface area (Å²) in [6, 6.07) is 8.89. The van der Waals surface area contributed by atoms with Gasteiger partial charge in [0.25, 0.3) is 0 Å². The van der Waals surface area contributed by atoms with E-state index in [1.165, 1.54) is 40.9 Å². The van der Waals surface area contributed by atoms with Gasteiger partial charge in [0.15, 0.2) is 0 Å². The zero-order valence-corrected chi connectivity index (χ0v) is 14.0. The Labute approximate surface area is 132 Å². The predicted octanol–water partition coefficient (Wildman–Crippen LogP) is 4.24. The van der Waals surface area contributed by atoms with Crippen molar-refractivity contribution in [2.24, 2.45) is 5.92 Å². The Kier molecular flexibility index (Phi) is 4.94. The minimum absolute atomic E-state index is 0.909. The summed E-state index contributed by atoms with van der Waals surface area (Å²) in [7, 11) is 0. The van der Waals surface area contributed by atoms with Gasteiger partial charge in [0.1, 0.15) is 0 Å². The van der Waals surface area contributed by atoms with E-state index in [1.54, 1.807) is 5.56 Å². The molecule has 3 rings (SSSR count). The van der Waals surface area contributed by atoms with E-state index in [0.29, 0.717) is 0 Å². The van der Waals surface area contributed by atoms with Crippen LogP contribution in [-0.4, -0.2) is 24.5 Å². The molecule has 1 unspecified atom stereocenters. The quantitative estimate of drug-likeness (QED) is 0.858. The topological polar surface area (TPSA) is 15.3 Å². The molecule has 1 atom stereocenters. The van der Waals surface area contributed by atoms with Gasteiger partial charge < -0.3 is 5.32 Å². The second-order valence-electron chi connectivity index (χ2n) is 6.08. The molecular formula is C18H26N2S. The van der Waals surface area contributed by atoms with Crippen LogP contribution in [-0.2, 0) is 13.1 Å². The van der Waals surface area contributed by atoms with Crippen molar-refractivity contribution in [2.45, 2.75) is 39.8 Å². The molecule has 0 bridgehead atoms. The number of fused-ring (bicyclic) bond motifs is 1. The summed E-state index contributed by atoms with van der Waals surface area (Å²) in [5, 5.41) is 4.97. The molecule has 2 aromatic rings. The third-order valence-electron chi connectivity index (χ3n) is 4.65. The van der Waals surface area contributed by atoms with Gasteiger partial charge >= 0.3 is 0 Å². The molecule has 3 heteroatoms. The van der Waals surface area contributed by atoms with Crippen molar-refractivity contribution in [3.8, 4) is 0 Å². The third-order valence-corrected chi connectivity index (χ3v) is 5.86. The number of hydrogen-bond acceptors (Lipinski definition) is 3. The highest BCUT2D eigenvalue weighted by molar-refractivity contribution is 7.19. The first-order valence-corrected chi connectivity index (χ1v) is 9.05. The lowest BCUT2D eigenvalue weighted by Gasteiger charge is -2.17. The zero-order valence-electron chi connectivity index (χ0n) is 13.2. The van der Waals surface area contributed by atoms with Crippen molar-refractivity contribution in [2.75, 3.05) is 19.6 Å². The first-order valence-electron chi connectivity index (χ1n) is 8.24. The van der Waals surface area contributed by atoms with E-state index < -0.39 is 0 Å². The average Bonchev–Trinajstić information content (AvgIpc) is 3.11. The Balaban J connectivity index is 1.84. The lowest BCUT2D eigenvalue weighted by Crippen LogP contribution is -2.21. The molecule has 21 heavy (non-hydrogen) atoms. The maximum absolute atomic E-state index is 3.50. The smallest absolute Gasteiger partial charge is 0.0349 e. The summed E-state index contributed by atoms with van der Waals surface area (Å²) >= 11 is 1.96. The number of benzene rings is 1. The van der Waals surface area contributed by atoms with E-state index in [1.807, 2.05) is 11.3 Å². The van der Waals surface area contributed by atoms with Crippen molar-refractivity contribution in [1.82, 2.24) is 10.2 Å². The highest BCUT2D eigenvalue weighted by Gasteiger charge is 2.23. The van der Waals surface area contributed by atoms with Crippen LogP contribution in [0.25, 0.3) is 10.1 Å². The highest BCUT2D eigenvalue weighted by atomic mass is 32.1. The maximum Gasteiger partial charge on any atom is 0.0349 e. The number of thiophene rings is 1. The van der Waals surface area contributed by atoms with Crippen LogP contribution < -0.4 is 5.32 Å². The highest BCUT2D eigenvalue weighted by Crippen LogP contribution is 2.33. The summed E-state index contributed by atoms with van der Waals surface area (Å²) in [5.41, 5.74) is 1.56. The molecule has 0 amide bonds. The van der Waals surface area contributed by atoms with Gasteiger partial charge in [0, 0.05) is 29.2 Å². The van der Waals surface area contributed by atoms with Crippen LogP contribution in [0.5, 0.6) is 0 Å². The SMILES string of the molecule is CCNCc1sc2ccccc2c1CN1CCC(CC)C1. The fraction of sp³-hybridized carbons (Fsp3) is 0.556. The summed E-state index contributed by atoms with van der Waals surface area (Å²) < 4.78 is 1.44. The molecule has 2 nitrogen and oxygen atoms in total. The van der Waals surface area contributed by atoms with Crippen LogP contribution in [0, 0.1) is 5.92 Å². The molecule has 114 valence electrons. The van der Waals surface area contributed by atoms with E-state index in [-0.39, 0.29) is 0 Å². The average molecular weight is 302 g/mol. The van der Waals surface area contributed by atoms with Crippen molar-refractivity contribution in [1.29, 1.82) is 0 Å². The molecule has 1 N–H and O–H groups in total. The number of nitrogens with one attached hydrogen (secondary N) is 1. The second kappa shape index (κ2) is 6.91. The molecule has 1 aromatic carbocycles. The van der Waals surface area contributed by atoms with Gasteiger partial charge in [-0.25, -0.2) is 0 Å².